The lowest BCUT2D eigenvalue weighted by Crippen LogP contribution is -1.89. The van der Waals surface area contributed by atoms with Crippen LogP contribution < -0.4 is 0 Å². The Morgan fingerprint density at radius 2 is 1.56 bits per heavy atom. The van der Waals surface area contributed by atoms with E-state index in [1.807, 2.05) is 18.2 Å². The average Bonchev–Trinajstić information content (AvgIpc) is 2.70. The highest BCUT2D eigenvalue weighted by molar-refractivity contribution is 7.71. The number of halogens is 2. The first-order chi connectivity index (χ1) is 13.1. The van der Waals surface area contributed by atoms with E-state index in [1.54, 1.807) is 0 Å². The van der Waals surface area contributed by atoms with E-state index in [4.69, 9.17) is 16.6 Å². The molecule has 0 fully saturated rings. The second kappa shape index (κ2) is 7.20. The molecular formula is C23H18F2OS. The lowest BCUT2D eigenvalue weighted by molar-refractivity contribution is 0.486. The van der Waals surface area contributed by atoms with Crippen molar-refractivity contribution in [2.45, 2.75) is 26.2 Å². The quantitative estimate of drug-likeness (QED) is 0.267. The van der Waals surface area contributed by atoms with Crippen molar-refractivity contribution >= 4 is 34.0 Å². The maximum absolute atomic E-state index is 14.1. The van der Waals surface area contributed by atoms with Crippen LogP contribution in [-0.2, 0) is 6.42 Å². The van der Waals surface area contributed by atoms with E-state index in [2.05, 4.69) is 31.2 Å². The predicted octanol–water partition coefficient (Wildman–Crippen LogP) is 7.60. The van der Waals surface area contributed by atoms with Gasteiger partial charge >= 0.3 is 0 Å². The van der Waals surface area contributed by atoms with Gasteiger partial charge in [0, 0.05) is 10.8 Å². The SMILES string of the molecule is CCCCc1ccc(-c2ccc3c(c2)c(=S)oc2c(F)c(F)ccc23)cc1. The minimum atomic E-state index is -1.01. The fraction of sp³-hybridized carbons (Fsp3) is 0.174. The summed E-state index contributed by atoms with van der Waals surface area (Å²) < 4.78 is 33.2. The first kappa shape index (κ1) is 17.8. The molecule has 0 radical (unpaired) electrons. The number of hydrogen-bond donors (Lipinski definition) is 0. The summed E-state index contributed by atoms with van der Waals surface area (Å²) in [5, 5.41) is 1.98. The summed E-state index contributed by atoms with van der Waals surface area (Å²) in [6.07, 6.45) is 3.44. The molecule has 0 aliphatic rings. The van der Waals surface area contributed by atoms with Crippen LogP contribution in [0.5, 0.6) is 0 Å². The summed E-state index contributed by atoms with van der Waals surface area (Å²) in [4.78, 5) is 0. The van der Waals surface area contributed by atoms with Gasteiger partial charge in [0.15, 0.2) is 16.1 Å². The largest absolute Gasteiger partial charge is 0.441 e. The number of unbranched alkanes of at least 4 members (excludes halogenated alkanes) is 1. The number of hydrogen-bond acceptors (Lipinski definition) is 2. The molecule has 4 rings (SSSR count). The van der Waals surface area contributed by atoms with E-state index in [0.29, 0.717) is 5.39 Å². The van der Waals surface area contributed by atoms with Gasteiger partial charge in [-0.2, -0.15) is 4.39 Å². The van der Waals surface area contributed by atoms with Crippen LogP contribution in [-0.4, -0.2) is 0 Å². The number of rotatable bonds is 4. The smallest absolute Gasteiger partial charge is 0.201 e. The highest BCUT2D eigenvalue weighted by Gasteiger charge is 2.14. The molecule has 0 spiro atoms. The van der Waals surface area contributed by atoms with Crippen molar-refractivity contribution in [2.75, 3.05) is 0 Å². The zero-order valence-corrected chi connectivity index (χ0v) is 15.7. The van der Waals surface area contributed by atoms with E-state index >= 15 is 0 Å². The Kier molecular flexibility index (Phi) is 4.75. The monoisotopic (exact) mass is 380 g/mol. The van der Waals surface area contributed by atoms with Gasteiger partial charge in [-0.1, -0.05) is 49.7 Å². The molecule has 4 heteroatoms. The van der Waals surface area contributed by atoms with Gasteiger partial charge in [0.05, 0.1) is 0 Å². The molecular weight excluding hydrogens is 362 g/mol. The minimum Gasteiger partial charge on any atom is -0.441 e. The van der Waals surface area contributed by atoms with Crippen molar-refractivity contribution in [2.24, 2.45) is 0 Å². The minimum absolute atomic E-state index is 0.138. The topological polar surface area (TPSA) is 13.1 Å². The zero-order chi connectivity index (χ0) is 19.0. The number of aryl methyl sites for hydroxylation is 1. The van der Waals surface area contributed by atoms with E-state index < -0.39 is 11.6 Å². The van der Waals surface area contributed by atoms with Crippen LogP contribution in [0.2, 0.25) is 0 Å². The maximum Gasteiger partial charge on any atom is 0.201 e. The fourth-order valence-electron chi connectivity index (χ4n) is 3.36. The standard InChI is InChI=1S/C23H18F2OS/c1-2-3-4-14-5-7-15(8-6-14)16-9-10-17-18-11-12-20(24)21(25)22(18)26-23(27)19(17)13-16/h5-13H,2-4H2,1H3. The summed E-state index contributed by atoms with van der Waals surface area (Å²) in [7, 11) is 0. The van der Waals surface area contributed by atoms with Crippen molar-refractivity contribution in [3.63, 3.8) is 0 Å². The molecule has 1 nitrogen and oxygen atoms in total. The summed E-state index contributed by atoms with van der Waals surface area (Å²) >= 11 is 5.31. The Hall–Kier alpha value is -2.59. The third kappa shape index (κ3) is 3.26. The Morgan fingerprint density at radius 3 is 2.30 bits per heavy atom. The lowest BCUT2D eigenvalue weighted by Gasteiger charge is -2.08. The molecule has 0 aliphatic heterocycles. The Balaban J connectivity index is 1.83. The molecule has 136 valence electrons. The molecule has 1 aromatic heterocycles. The molecule has 0 bridgehead atoms. The van der Waals surface area contributed by atoms with Crippen molar-refractivity contribution < 1.29 is 13.2 Å². The molecule has 0 unspecified atom stereocenters. The van der Waals surface area contributed by atoms with Crippen LogP contribution in [0.4, 0.5) is 8.78 Å². The van der Waals surface area contributed by atoms with Crippen molar-refractivity contribution in [3.8, 4) is 11.1 Å². The van der Waals surface area contributed by atoms with Gasteiger partial charge in [-0.25, -0.2) is 4.39 Å². The zero-order valence-electron chi connectivity index (χ0n) is 14.9. The van der Waals surface area contributed by atoms with Crippen LogP contribution in [0, 0.1) is 16.3 Å². The first-order valence-corrected chi connectivity index (χ1v) is 9.43. The predicted molar refractivity (Wildman–Crippen MR) is 109 cm³/mol. The molecule has 0 atom stereocenters. The highest BCUT2D eigenvalue weighted by atomic mass is 32.1. The summed E-state index contributed by atoms with van der Waals surface area (Å²) in [6, 6.07) is 16.9. The van der Waals surface area contributed by atoms with Crippen LogP contribution in [0.3, 0.4) is 0 Å². The van der Waals surface area contributed by atoms with Gasteiger partial charge in [-0.05, 0) is 65.3 Å². The second-order valence-electron chi connectivity index (χ2n) is 6.69. The van der Waals surface area contributed by atoms with Gasteiger partial charge in [0.2, 0.25) is 5.82 Å². The molecule has 27 heavy (non-hydrogen) atoms. The van der Waals surface area contributed by atoms with Crippen LogP contribution in [0.25, 0.3) is 32.9 Å². The molecule has 0 N–H and O–H groups in total. The average molecular weight is 380 g/mol. The van der Waals surface area contributed by atoms with E-state index in [9.17, 15) is 8.78 Å². The number of fused-ring (bicyclic) bond motifs is 3. The van der Waals surface area contributed by atoms with Gasteiger partial charge in [0.1, 0.15) is 0 Å². The molecule has 0 saturated carbocycles. The van der Waals surface area contributed by atoms with Gasteiger partial charge in [-0.15, -0.1) is 0 Å². The van der Waals surface area contributed by atoms with E-state index in [1.165, 1.54) is 24.5 Å². The first-order valence-electron chi connectivity index (χ1n) is 9.02. The van der Waals surface area contributed by atoms with Crippen LogP contribution in [0.15, 0.2) is 59.0 Å². The van der Waals surface area contributed by atoms with Crippen molar-refractivity contribution in [3.05, 3.63) is 76.5 Å². The molecule has 0 aliphatic carbocycles. The van der Waals surface area contributed by atoms with Crippen molar-refractivity contribution in [1.29, 1.82) is 0 Å². The molecule has 0 amide bonds. The Morgan fingerprint density at radius 1 is 0.852 bits per heavy atom. The summed E-state index contributed by atoms with van der Waals surface area (Å²) in [5.74, 6) is -1.95. The van der Waals surface area contributed by atoms with E-state index in [0.717, 1.165) is 34.4 Å². The van der Waals surface area contributed by atoms with E-state index in [-0.39, 0.29) is 10.3 Å². The summed E-state index contributed by atoms with van der Waals surface area (Å²) in [5.41, 5.74) is 3.27. The molecule has 0 saturated heterocycles. The van der Waals surface area contributed by atoms with Crippen LogP contribution >= 0.6 is 12.2 Å². The fourth-order valence-corrected chi connectivity index (χ4v) is 3.62. The normalized spacial score (nSPS) is 11.4. The Labute approximate surface area is 161 Å². The third-order valence-electron chi connectivity index (χ3n) is 4.88. The second-order valence-corrected chi connectivity index (χ2v) is 7.06. The van der Waals surface area contributed by atoms with Crippen molar-refractivity contribution in [1.82, 2.24) is 0 Å². The highest BCUT2D eigenvalue weighted by Crippen LogP contribution is 2.32. The van der Waals surface area contributed by atoms with Gasteiger partial charge in [-0.3, -0.25) is 0 Å². The molecule has 3 aromatic carbocycles. The number of benzene rings is 3. The summed E-state index contributed by atoms with van der Waals surface area (Å²) in [6.45, 7) is 2.19. The lowest BCUT2D eigenvalue weighted by atomic mass is 9.98. The van der Waals surface area contributed by atoms with Gasteiger partial charge in [0.25, 0.3) is 0 Å². The molecule has 1 heterocycles. The maximum atomic E-state index is 14.1. The molecule has 4 aromatic rings. The Bertz CT molecular complexity index is 1190. The third-order valence-corrected chi connectivity index (χ3v) is 5.18. The van der Waals surface area contributed by atoms with Gasteiger partial charge < -0.3 is 4.42 Å². The van der Waals surface area contributed by atoms with Crippen LogP contribution in [0.1, 0.15) is 25.3 Å².